The number of hydrogen-bond acceptors (Lipinski definition) is 7. The van der Waals surface area contributed by atoms with Gasteiger partial charge in [-0.2, -0.15) is 4.98 Å². The molecule has 0 radical (unpaired) electrons. The van der Waals surface area contributed by atoms with E-state index in [1.54, 1.807) is 50.6 Å². The lowest BCUT2D eigenvalue weighted by Gasteiger charge is -2.50. The van der Waals surface area contributed by atoms with Crippen molar-refractivity contribution in [2.24, 2.45) is 0 Å². The van der Waals surface area contributed by atoms with Crippen molar-refractivity contribution in [3.8, 4) is 0 Å². The van der Waals surface area contributed by atoms with Gasteiger partial charge in [-0.15, -0.1) is 0 Å². The van der Waals surface area contributed by atoms with E-state index in [0.29, 0.717) is 17.8 Å². The van der Waals surface area contributed by atoms with E-state index in [0.717, 1.165) is 16.7 Å². The van der Waals surface area contributed by atoms with E-state index in [2.05, 4.69) is 46.3 Å². The molecular weight excluding hydrogens is 659 g/mol. The molecule has 0 amide bonds. The number of benzene rings is 4. The van der Waals surface area contributed by atoms with E-state index in [1.165, 1.54) is 9.24 Å². The highest BCUT2D eigenvalue weighted by Gasteiger charge is 2.47. The number of ether oxygens (including phenoxy) is 1. The Morgan fingerprint density at radius 3 is 1.86 bits per heavy atom. The predicted octanol–water partition coefficient (Wildman–Crippen LogP) is 6.79. The molecule has 0 N–H and O–H groups in total. The maximum absolute atomic E-state index is 13.7. The van der Waals surface area contributed by atoms with Gasteiger partial charge in [0, 0.05) is 24.8 Å². The lowest BCUT2D eigenvalue weighted by molar-refractivity contribution is -0.148. The molecule has 6 rings (SSSR count). The molecule has 1 saturated heterocycles. The zero-order valence-corrected chi connectivity index (χ0v) is 29.0. The highest BCUT2D eigenvalue weighted by Crippen LogP contribution is 2.54. The number of carbonyl (C=O) groups is 1. The molecule has 0 saturated carbocycles. The minimum atomic E-state index is -3.62. The van der Waals surface area contributed by atoms with Crippen molar-refractivity contribution in [1.29, 1.82) is 0 Å². The Hall–Kier alpha value is -4.21. The minimum Gasteiger partial charge on any atom is -0.350 e. The number of halogens is 1. The topological polar surface area (TPSA) is 94.0 Å². The molecule has 9 nitrogen and oxygen atoms in total. The number of Topliss-reactive ketones (excluding diaryl/α,β-unsaturated/α-hetero) is 1. The number of carbonyl (C=O) groups excluding carboxylic acids is 1. The molecule has 252 valence electrons. The summed E-state index contributed by atoms with van der Waals surface area (Å²) in [6, 6.07) is 41.2. The quantitative estimate of drug-likeness (QED) is 0.0801. The Kier molecular flexibility index (Phi) is 10.7. The van der Waals surface area contributed by atoms with Crippen LogP contribution in [0.5, 0.6) is 0 Å². The van der Waals surface area contributed by atoms with E-state index < -0.39 is 30.4 Å². The maximum atomic E-state index is 13.7. The zero-order chi connectivity index (χ0) is 34.4. The second-order valence-corrected chi connectivity index (χ2v) is 15.3. The number of rotatable bonds is 12. The lowest BCUT2D eigenvalue weighted by Crippen LogP contribution is -2.58. The SMILES string of the molecule is CN(C)P(=O)(Cl)OC[C@@H]1CN(C(c2ccccc2)(c2ccccc2)c2ccccc2)C[C@H](n2ccc(CC(=O)c3ccccc3)nc2=O)O1. The molecule has 4 aromatic carbocycles. The number of hydrogen-bond donors (Lipinski definition) is 0. The van der Waals surface area contributed by atoms with Crippen LogP contribution >= 0.6 is 18.1 Å². The average molecular weight is 697 g/mol. The second kappa shape index (κ2) is 15.1. The van der Waals surface area contributed by atoms with E-state index in [4.69, 9.17) is 20.5 Å². The minimum absolute atomic E-state index is 0.0110. The van der Waals surface area contributed by atoms with Crippen LogP contribution in [0.25, 0.3) is 0 Å². The number of ketones is 1. The van der Waals surface area contributed by atoms with Gasteiger partial charge in [-0.1, -0.05) is 121 Å². The van der Waals surface area contributed by atoms with Crippen LogP contribution in [-0.4, -0.2) is 64.8 Å². The van der Waals surface area contributed by atoms with Crippen LogP contribution in [0.1, 0.15) is 39.0 Å². The summed E-state index contributed by atoms with van der Waals surface area (Å²) in [4.78, 5) is 33.1. The van der Waals surface area contributed by atoms with Gasteiger partial charge in [-0.3, -0.25) is 18.8 Å². The Morgan fingerprint density at radius 1 is 0.857 bits per heavy atom. The van der Waals surface area contributed by atoms with Gasteiger partial charge < -0.3 is 9.26 Å². The molecular formula is C38H38ClN4O5P. The predicted molar refractivity (Wildman–Crippen MR) is 191 cm³/mol. The Morgan fingerprint density at radius 2 is 1.37 bits per heavy atom. The van der Waals surface area contributed by atoms with Crippen molar-refractivity contribution in [3.05, 3.63) is 172 Å². The van der Waals surface area contributed by atoms with Crippen molar-refractivity contribution in [1.82, 2.24) is 19.1 Å². The van der Waals surface area contributed by atoms with Crippen molar-refractivity contribution in [3.63, 3.8) is 0 Å². The molecule has 0 aliphatic carbocycles. The van der Waals surface area contributed by atoms with Gasteiger partial charge in [0.25, 0.3) is 0 Å². The first-order valence-electron chi connectivity index (χ1n) is 16.0. The van der Waals surface area contributed by atoms with Crippen LogP contribution in [0.3, 0.4) is 0 Å². The summed E-state index contributed by atoms with van der Waals surface area (Å²) in [6.07, 6.45) is 0.151. The van der Waals surface area contributed by atoms with Gasteiger partial charge in [0.05, 0.1) is 30.4 Å². The normalized spacial score (nSPS) is 18.2. The van der Waals surface area contributed by atoms with Gasteiger partial charge in [-0.05, 0) is 48.1 Å². The largest absolute Gasteiger partial charge is 0.362 e. The molecule has 11 heteroatoms. The van der Waals surface area contributed by atoms with Crippen LogP contribution < -0.4 is 5.69 Å². The highest BCUT2D eigenvalue weighted by molar-refractivity contribution is 7.83. The molecule has 1 aliphatic heterocycles. The zero-order valence-electron chi connectivity index (χ0n) is 27.3. The third kappa shape index (κ3) is 7.53. The van der Waals surface area contributed by atoms with E-state index in [9.17, 15) is 14.2 Å². The third-order valence-corrected chi connectivity index (χ3v) is 11.4. The first-order chi connectivity index (χ1) is 23.7. The first-order valence-corrected chi connectivity index (χ1v) is 18.5. The van der Waals surface area contributed by atoms with Crippen LogP contribution in [-0.2, 0) is 25.8 Å². The summed E-state index contributed by atoms with van der Waals surface area (Å²) in [5.41, 5.74) is 2.60. The molecule has 49 heavy (non-hydrogen) atoms. The van der Waals surface area contributed by atoms with E-state index >= 15 is 0 Å². The van der Waals surface area contributed by atoms with Crippen molar-refractivity contribution >= 4 is 23.9 Å². The first kappa shape index (κ1) is 34.6. The molecule has 1 unspecified atom stereocenters. The Bertz CT molecular complexity index is 1870. The fraction of sp³-hybridized carbons (Fsp3) is 0.237. The number of morpholine rings is 1. The molecule has 0 spiro atoms. The van der Waals surface area contributed by atoms with Crippen molar-refractivity contribution in [2.45, 2.75) is 24.3 Å². The van der Waals surface area contributed by atoms with Gasteiger partial charge in [0.1, 0.15) is 0 Å². The third-order valence-electron chi connectivity index (χ3n) is 8.73. The summed E-state index contributed by atoms with van der Waals surface area (Å²) < 4.78 is 28.1. The number of aromatic nitrogens is 2. The van der Waals surface area contributed by atoms with Gasteiger partial charge in [-0.25, -0.2) is 9.46 Å². The Labute approximate surface area is 291 Å². The van der Waals surface area contributed by atoms with Crippen LogP contribution in [0.4, 0.5) is 0 Å². The van der Waals surface area contributed by atoms with Crippen LogP contribution in [0, 0.1) is 0 Å². The molecule has 1 aromatic heterocycles. The Balaban J connectivity index is 1.43. The van der Waals surface area contributed by atoms with E-state index in [-0.39, 0.29) is 25.4 Å². The van der Waals surface area contributed by atoms with Gasteiger partial charge in [0.15, 0.2) is 12.0 Å². The lowest BCUT2D eigenvalue weighted by atomic mass is 9.75. The summed E-state index contributed by atoms with van der Waals surface area (Å²) in [5, 5.41) is 0. The van der Waals surface area contributed by atoms with Gasteiger partial charge in [0.2, 0.25) is 0 Å². The highest BCUT2D eigenvalue weighted by atomic mass is 35.7. The fourth-order valence-electron chi connectivity index (χ4n) is 6.37. The molecule has 1 fully saturated rings. The molecule has 5 aromatic rings. The van der Waals surface area contributed by atoms with Crippen molar-refractivity contribution in [2.75, 3.05) is 33.8 Å². The molecule has 0 bridgehead atoms. The van der Waals surface area contributed by atoms with Crippen LogP contribution in [0.15, 0.2) is 138 Å². The van der Waals surface area contributed by atoms with Crippen molar-refractivity contribution < 1.29 is 18.6 Å². The molecule has 1 aliphatic rings. The summed E-state index contributed by atoms with van der Waals surface area (Å²) in [7, 11) is 3.18. The monoisotopic (exact) mass is 696 g/mol. The summed E-state index contributed by atoms with van der Waals surface area (Å²) in [6.45, 7) is -3.07. The summed E-state index contributed by atoms with van der Waals surface area (Å²) in [5.74, 6) is -0.132. The molecule has 2 heterocycles. The van der Waals surface area contributed by atoms with E-state index in [1.807, 2.05) is 60.7 Å². The van der Waals surface area contributed by atoms with Crippen LogP contribution in [0.2, 0.25) is 0 Å². The maximum Gasteiger partial charge on any atom is 0.362 e. The standard InChI is InChI=1S/C38H38ClN4O5P/c1-41(2)49(39,46)47-28-34-26-42(27-36(48-34)43-24-23-33(40-37(43)45)25-35(44)29-15-7-3-8-16-29)38(30-17-9-4-10-18-30,31-19-11-5-12-20-31)32-21-13-6-14-22-32/h3-24,34,36H,25-28H2,1-2H3/t34-,36+,49?/m0/s1. The fourth-order valence-corrected chi connectivity index (χ4v) is 7.12. The smallest absolute Gasteiger partial charge is 0.350 e. The average Bonchev–Trinajstić information content (AvgIpc) is 3.13. The second-order valence-electron chi connectivity index (χ2n) is 12.1. The number of nitrogens with zero attached hydrogens (tertiary/aromatic N) is 4. The summed E-state index contributed by atoms with van der Waals surface area (Å²) >= 11 is 6.28. The molecule has 3 atom stereocenters. The van der Waals surface area contributed by atoms with Gasteiger partial charge >= 0.3 is 12.6 Å².